The number of nitrogens with one attached hydrogen (secondary N) is 1. The summed E-state index contributed by atoms with van der Waals surface area (Å²) >= 11 is 9.34. The fraction of sp³-hybridized carbons (Fsp3) is 0.267. The van der Waals surface area contributed by atoms with E-state index in [1.165, 1.54) is 5.56 Å². The van der Waals surface area contributed by atoms with E-state index < -0.39 is 0 Å². The Kier molecular flexibility index (Phi) is 5.37. The summed E-state index contributed by atoms with van der Waals surface area (Å²) in [5.74, 6) is 0. The van der Waals surface area contributed by atoms with Crippen LogP contribution in [-0.2, 0) is 6.42 Å². The van der Waals surface area contributed by atoms with Crippen LogP contribution < -0.4 is 5.32 Å². The van der Waals surface area contributed by atoms with Gasteiger partial charge in [-0.3, -0.25) is 4.98 Å². The van der Waals surface area contributed by atoms with Gasteiger partial charge in [0.1, 0.15) is 0 Å². The number of rotatable bonds is 5. The van der Waals surface area contributed by atoms with Gasteiger partial charge in [0, 0.05) is 33.8 Å². The molecule has 0 aliphatic carbocycles. The fourth-order valence-corrected chi connectivity index (χ4v) is 2.35. The van der Waals surface area contributed by atoms with Gasteiger partial charge in [0.15, 0.2) is 0 Å². The summed E-state index contributed by atoms with van der Waals surface area (Å²) in [6.45, 7) is 3.03. The maximum Gasteiger partial charge on any atom is 0.0423 e. The Balaban J connectivity index is 2.15. The van der Waals surface area contributed by atoms with Crippen LogP contribution in [0.2, 0.25) is 5.02 Å². The monoisotopic (exact) mass is 338 g/mol. The van der Waals surface area contributed by atoms with Gasteiger partial charge in [-0.1, -0.05) is 30.7 Å². The van der Waals surface area contributed by atoms with Crippen molar-refractivity contribution in [3.05, 3.63) is 63.3 Å². The van der Waals surface area contributed by atoms with Crippen molar-refractivity contribution in [2.45, 2.75) is 19.4 Å². The van der Waals surface area contributed by atoms with Crippen molar-refractivity contribution < 1.29 is 0 Å². The first-order chi connectivity index (χ1) is 9.19. The van der Waals surface area contributed by atoms with Crippen molar-refractivity contribution in [3.63, 3.8) is 0 Å². The molecule has 1 aromatic heterocycles. The molecule has 1 atom stereocenters. The number of benzene rings is 1. The number of halogens is 2. The predicted octanol–water partition coefficient (Wildman–Crippen LogP) is 4.39. The van der Waals surface area contributed by atoms with Crippen molar-refractivity contribution in [1.29, 1.82) is 0 Å². The molecule has 0 fully saturated rings. The molecule has 1 heterocycles. The van der Waals surface area contributed by atoms with E-state index in [4.69, 9.17) is 11.6 Å². The molecule has 1 aromatic carbocycles. The normalized spacial score (nSPS) is 12.4. The lowest BCUT2D eigenvalue weighted by Gasteiger charge is -2.18. The minimum Gasteiger partial charge on any atom is -0.310 e. The summed E-state index contributed by atoms with van der Waals surface area (Å²) in [6.07, 6.45) is 2.70. The van der Waals surface area contributed by atoms with Crippen LogP contribution in [0, 0.1) is 0 Å². The Morgan fingerprint density at radius 2 is 1.95 bits per heavy atom. The van der Waals surface area contributed by atoms with E-state index in [9.17, 15) is 0 Å². The molecule has 0 aliphatic rings. The molecule has 4 heteroatoms. The molecule has 0 spiro atoms. The molecule has 2 nitrogen and oxygen atoms in total. The lowest BCUT2D eigenvalue weighted by molar-refractivity contribution is 0.544. The van der Waals surface area contributed by atoms with Gasteiger partial charge in [0.2, 0.25) is 0 Å². The predicted molar refractivity (Wildman–Crippen MR) is 83.5 cm³/mol. The Morgan fingerprint density at radius 3 is 2.53 bits per heavy atom. The topological polar surface area (TPSA) is 24.9 Å². The average molecular weight is 340 g/mol. The molecule has 0 saturated heterocycles. The van der Waals surface area contributed by atoms with Crippen LogP contribution in [0.4, 0.5) is 0 Å². The van der Waals surface area contributed by atoms with Gasteiger partial charge in [-0.25, -0.2) is 0 Å². The molecular formula is C15H16BrClN2. The van der Waals surface area contributed by atoms with Crippen molar-refractivity contribution >= 4 is 27.5 Å². The first-order valence-electron chi connectivity index (χ1n) is 6.28. The van der Waals surface area contributed by atoms with E-state index in [1.54, 1.807) is 0 Å². The molecule has 2 rings (SSSR count). The van der Waals surface area contributed by atoms with Crippen LogP contribution in [0.3, 0.4) is 0 Å². The second kappa shape index (κ2) is 7.04. The standard InChI is InChI=1S/C15H16BrClN2/c1-2-18-15(11-3-6-13(17)7-4-11)9-14-8-5-12(16)10-19-14/h3-8,10,15,18H,2,9H2,1H3. The Hall–Kier alpha value is -0.900. The number of aromatic nitrogens is 1. The van der Waals surface area contributed by atoms with Crippen LogP contribution >= 0.6 is 27.5 Å². The number of nitrogens with zero attached hydrogens (tertiary/aromatic N) is 1. The van der Waals surface area contributed by atoms with Gasteiger partial charge in [-0.2, -0.15) is 0 Å². The maximum atomic E-state index is 5.93. The zero-order valence-electron chi connectivity index (χ0n) is 10.7. The van der Waals surface area contributed by atoms with Gasteiger partial charge in [-0.15, -0.1) is 0 Å². The van der Waals surface area contributed by atoms with E-state index in [-0.39, 0.29) is 6.04 Å². The Morgan fingerprint density at radius 1 is 1.21 bits per heavy atom. The van der Waals surface area contributed by atoms with E-state index in [0.29, 0.717) is 0 Å². The van der Waals surface area contributed by atoms with Gasteiger partial charge in [0.05, 0.1) is 0 Å². The number of likely N-dealkylation sites (N-methyl/N-ethyl adjacent to an activating group) is 1. The highest BCUT2D eigenvalue weighted by molar-refractivity contribution is 9.10. The molecule has 0 amide bonds. The minimum absolute atomic E-state index is 0.260. The number of hydrogen-bond acceptors (Lipinski definition) is 2. The van der Waals surface area contributed by atoms with Gasteiger partial charge >= 0.3 is 0 Å². The fourth-order valence-electron chi connectivity index (χ4n) is 1.99. The van der Waals surface area contributed by atoms with Crippen molar-refractivity contribution in [3.8, 4) is 0 Å². The lowest BCUT2D eigenvalue weighted by Crippen LogP contribution is -2.23. The quantitative estimate of drug-likeness (QED) is 0.874. The van der Waals surface area contributed by atoms with Crippen LogP contribution in [0.1, 0.15) is 24.2 Å². The molecule has 0 saturated carbocycles. The molecular weight excluding hydrogens is 324 g/mol. The van der Waals surface area contributed by atoms with Crippen LogP contribution in [0.15, 0.2) is 47.1 Å². The summed E-state index contributed by atoms with van der Waals surface area (Å²) in [7, 11) is 0. The molecule has 0 bridgehead atoms. The van der Waals surface area contributed by atoms with E-state index in [2.05, 4.69) is 45.3 Å². The highest BCUT2D eigenvalue weighted by Crippen LogP contribution is 2.20. The zero-order chi connectivity index (χ0) is 13.7. The highest BCUT2D eigenvalue weighted by Gasteiger charge is 2.11. The molecule has 2 aromatic rings. The van der Waals surface area contributed by atoms with E-state index in [1.807, 2.05) is 30.5 Å². The summed E-state index contributed by atoms with van der Waals surface area (Å²) in [5.41, 5.74) is 2.31. The molecule has 1 N–H and O–H groups in total. The van der Waals surface area contributed by atoms with E-state index in [0.717, 1.165) is 28.2 Å². The Labute approximate surface area is 127 Å². The third-order valence-corrected chi connectivity index (χ3v) is 3.65. The van der Waals surface area contributed by atoms with Crippen molar-refractivity contribution in [1.82, 2.24) is 10.3 Å². The lowest BCUT2D eigenvalue weighted by atomic mass is 10.0. The molecule has 0 aliphatic heterocycles. The summed E-state index contributed by atoms with van der Waals surface area (Å²) < 4.78 is 1.00. The summed E-state index contributed by atoms with van der Waals surface area (Å²) in [4.78, 5) is 4.43. The smallest absolute Gasteiger partial charge is 0.0423 e. The third kappa shape index (κ3) is 4.30. The average Bonchev–Trinajstić information content (AvgIpc) is 2.42. The van der Waals surface area contributed by atoms with Gasteiger partial charge in [-0.05, 0) is 52.3 Å². The van der Waals surface area contributed by atoms with Crippen molar-refractivity contribution in [2.75, 3.05) is 6.54 Å². The Bertz CT molecular complexity index is 511. The zero-order valence-corrected chi connectivity index (χ0v) is 13.1. The van der Waals surface area contributed by atoms with Gasteiger partial charge in [0.25, 0.3) is 0 Å². The summed E-state index contributed by atoms with van der Waals surface area (Å²) in [6, 6.07) is 12.3. The highest BCUT2D eigenvalue weighted by atomic mass is 79.9. The van der Waals surface area contributed by atoms with Crippen molar-refractivity contribution in [2.24, 2.45) is 0 Å². The summed E-state index contributed by atoms with van der Waals surface area (Å²) in [5, 5.41) is 4.25. The van der Waals surface area contributed by atoms with E-state index >= 15 is 0 Å². The van der Waals surface area contributed by atoms with Crippen LogP contribution in [0.25, 0.3) is 0 Å². The van der Waals surface area contributed by atoms with Crippen LogP contribution in [-0.4, -0.2) is 11.5 Å². The molecule has 100 valence electrons. The second-order valence-electron chi connectivity index (χ2n) is 4.33. The number of pyridine rings is 1. The SMILES string of the molecule is CCNC(Cc1ccc(Br)cn1)c1ccc(Cl)cc1. The molecule has 0 radical (unpaired) electrons. The second-order valence-corrected chi connectivity index (χ2v) is 5.69. The first kappa shape index (κ1) is 14.5. The van der Waals surface area contributed by atoms with Gasteiger partial charge < -0.3 is 5.32 Å². The molecule has 19 heavy (non-hydrogen) atoms. The number of hydrogen-bond donors (Lipinski definition) is 1. The van der Waals surface area contributed by atoms with Crippen LogP contribution in [0.5, 0.6) is 0 Å². The first-order valence-corrected chi connectivity index (χ1v) is 7.45. The largest absolute Gasteiger partial charge is 0.310 e. The molecule has 1 unspecified atom stereocenters. The maximum absolute atomic E-state index is 5.93. The minimum atomic E-state index is 0.260. The third-order valence-electron chi connectivity index (χ3n) is 2.92.